The van der Waals surface area contributed by atoms with E-state index in [1.807, 2.05) is 55.4 Å². The first kappa shape index (κ1) is 113. The maximum absolute atomic E-state index is 11.4. The monoisotopic (exact) mass is 1520 g/mol. The van der Waals surface area contributed by atoms with Gasteiger partial charge in [-0.25, -0.2) is 0 Å². The zero-order valence-corrected chi connectivity index (χ0v) is 74.8. The van der Waals surface area contributed by atoms with Crippen molar-refractivity contribution in [1.82, 2.24) is 0 Å². The standard InChI is InChI=1S/C21H42O2.C20H40O2.2C19H38O2.C18H36O2/c1-4-7-8-9-10-11-12-13-14-15-16-17-18-19-21(5-2,6-3)20(22)23;1-4-6-7-8-9-10-11-12-13-14-15-16-17-18-20(3,5-2)19(21)22;1-4-5-6-7-8-9-10-11-12-13-14-15-16-17-19(2,3)18(20)21;1-3-5-6-7-8-9-10-11-12-13-14-15-16-17-18(4-2)19(20)21;1-3-4-5-6-7-8-9-10-11-12-13-14-15-16-17(2)18(19)20/h4-19H2,1-3H3,(H,22,23);4-18H2,1-3H3,(H,21,22);4-17H2,1-3H3,(H,20,21);18H,3-17H2,1-2H3,(H,20,21);17H,3-16H2,1-2H3,(H,19,20). The first-order valence-electron chi connectivity index (χ1n) is 47.8. The van der Waals surface area contributed by atoms with Gasteiger partial charge in [-0.05, 0) is 78.6 Å². The lowest BCUT2D eigenvalue weighted by molar-refractivity contribution is -0.150. The number of hydrogen-bond acceptors (Lipinski definition) is 5. The van der Waals surface area contributed by atoms with Gasteiger partial charge < -0.3 is 25.5 Å². The van der Waals surface area contributed by atoms with E-state index in [4.69, 9.17) is 15.3 Å². The van der Waals surface area contributed by atoms with Gasteiger partial charge >= 0.3 is 29.8 Å². The Morgan fingerprint density at radius 2 is 0.449 bits per heavy atom. The van der Waals surface area contributed by atoms with Gasteiger partial charge in [-0.1, -0.05) is 487 Å². The molecule has 0 saturated carbocycles. The second-order valence-electron chi connectivity index (χ2n) is 34.4. The summed E-state index contributed by atoms with van der Waals surface area (Å²) in [6.07, 6.45) is 94.5. The number of hydrogen-bond donors (Lipinski definition) is 5. The van der Waals surface area contributed by atoms with E-state index < -0.39 is 46.1 Å². The molecule has 10 heteroatoms. The normalized spacial score (nSPS) is 12.5. The molecule has 0 saturated heterocycles. The lowest BCUT2D eigenvalue weighted by Gasteiger charge is -2.26. The summed E-state index contributed by atoms with van der Waals surface area (Å²) in [5, 5.41) is 45.4. The van der Waals surface area contributed by atoms with E-state index in [1.165, 1.54) is 385 Å². The van der Waals surface area contributed by atoms with Crippen LogP contribution in [0.4, 0.5) is 0 Å². The Balaban J connectivity index is -0.000000405. The molecule has 0 rings (SSSR count). The van der Waals surface area contributed by atoms with Gasteiger partial charge in [-0.3, -0.25) is 24.0 Å². The molecule has 0 spiro atoms. The second-order valence-corrected chi connectivity index (χ2v) is 34.4. The van der Waals surface area contributed by atoms with E-state index >= 15 is 0 Å². The Kier molecular flexibility index (Phi) is 93.8. The molecule has 0 aromatic carbocycles. The number of rotatable bonds is 79. The van der Waals surface area contributed by atoms with Crippen molar-refractivity contribution in [3.8, 4) is 0 Å². The number of aliphatic carboxylic acids is 5. The molecule has 5 N–H and O–H groups in total. The quantitative estimate of drug-likeness (QED) is 0.0367. The Morgan fingerprint density at radius 1 is 0.234 bits per heavy atom. The predicted molar refractivity (Wildman–Crippen MR) is 468 cm³/mol. The largest absolute Gasteiger partial charge is 0.481 e. The highest BCUT2D eigenvalue weighted by Crippen LogP contribution is 2.34. The molecule has 0 bridgehead atoms. The highest BCUT2D eigenvalue weighted by molar-refractivity contribution is 5.75. The van der Waals surface area contributed by atoms with Gasteiger partial charge in [0.2, 0.25) is 0 Å². The van der Waals surface area contributed by atoms with Crippen LogP contribution in [0.5, 0.6) is 0 Å². The van der Waals surface area contributed by atoms with Gasteiger partial charge in [0.05, 0.1) is 28.1 Å². The lowest BCUT2D eigenvalue weighted by Crippen LogP contribution is -2.29. The highest BCUT2D eigenvalue weighted by Gasteiger charge is 2.34. The summed E-state index contributed by atoms with van der Waals surface area (Å²) in [4.78, 5) is 55.1. The van der Waals surface area contributed by atoms with Gasteiger partial charge in [0.15, 0.2) is 0 Å². The number of unbranched alkanes of at least 4 members (excludes halogenated alkanes) is 60. The van der Waals surface area contributed by atoms with E-state index in [2.05, 4.69) is 34.6 Å². The van der Waals surface area contributed by atoms with E-state index in [1.54, 1.807) is 0 Å². The molecule has 0 radical (unpaired) electrons. The van der Waals surface area contributed by atoms with Crippen molar-refractivity contribution in [1.29, 1.82) is 0 Å². The SMILES string of the molecule is CCCCCCCCCCCCCCCC(C)(C)C(=O)O.CCCCCCCCCCCCCCCC(C)(CC)C(=O)O.CCCCCCCCCCCCCCCC(C)C(=O)O.CCCCCCCCCCCCCCCC(CC)(CC)C(=O)O.CCCCCCCCCCCCCCCC(CC)C(=O)O. The third-order valence-electron chi connectivity index (χ3n) is 23.8. The molecule has 0 aromatic heterocycles. The molecule has 0 amide bonds. The molecular formula is C97H194O10. The molecule has 107 heavy (non-hydrogen) atoms. The van der Waals surface area contributed by atoms with Crippen molar-refractivity contribution in [3.63, 3.8) is 0 Å². The summed E-state index contributed by atoms with van der Waals surface area (Å²) in [5.41, 5.74) is -1.51. The third-order valence-corrected chi connectivity index (χ3v) is 23.8. The Bertz CT molecular complexity index is 1810. The Morgan fingerprint density at radius 3 is 0.636 bits per heavy atom. The first-order valence-corrected chi connectivity index (χ1v) is 47.8. The fraction of sp³-hybridized carbons (Fsp3) is 0.948. The van der Waals surface area contributed by atoms with Crippen LogP contribution in [0, 0.1) is 28.1 Å². The Hall–Kier alpha value is -2.65. The lowest BCUT2D eigenvalue weighted by atomic mass is 9.78. The van der Waals surface area contributed by atoms with Crippen molar-refractivity contribution in [3.05, 3.63) is 0 Å². The van der Waals surface area contributed by atoms with Crippen LogP contribution in [0.1, 0.15) is 565 Å². The predicted octanol–water partition coefficient (Wildman–Crippen LogP) is 33.7. The second kappa shape index (κ2) is 88.9. The average molecular weight is 1520 g/mol. The maximum atomic E-state index is 11.4. The van der Waals surface area contributed by atoms with Crippen molar-refractivity contribution >= 4 is 29.8 Å². The van der Waals surface area contributed by atoms with Crippen molar-refractivity contribution in [2.24, 2.45) is 28.1 Å². The molecule has 0 fully saturated rings. The summed E-state index contributed by atoms with van der Waals surface area (Å²) >= 11 is 0. The molecule has 0 aliphatic heterocycles. The Labute approximate surface area is 669 Å². The summed E-state index contributed by atoms with van der Waals surface area (Å²) in [5.74, 6) is -3.43. The van der Waals surface area contributed by atoms with Gasteiger partial charge in [0.25, 0.3) is 0 Å². The minimum absolute atomic E-state index is 0.113. The van der Waals surface area contributed by atoms with Crippen LogP contribution in [0.15, 0.2) is 0 Å². The molecule has 642 valence electrons. The van der Waals surface area contributed by atoms with Gasteiger partial charge in [0, 0.05) is 0 Å². The summed E-state index contributed by atoms with van der Waals surface area (Å²) in [7, 11) is 0. The fourth-order valence-corrected chi connectivity index (χ4v) is 14.7. The van der Waals surface area contributed by atoms with Gasteiger partial charge in [-0.15, -0.1) is 0 Å². The van der Waals surface area contributed by atoms with Crippen LogP contribution in [-0.4, -0.2) is 55.4 Å². The van der Waals surface area contributed by atoms with Crippen LogP contribution >= 0.6 is 0 Å². The van der Waals surface area contributed by atoms with Crippen LogP contribution in [0.3, 0.4) is 0 Å². The van der Waals surface area contributed by atoms with Crippen LogP contribution in [-0.2, 0) is 24.0 Å². The molecule has 0 aromatic rings. The molecule has 3 atom stereocenters. The molecule has 3 unspecified atom stereocenters. The van der Waals surface area contributed by atoms with Gasteiger partial charge in [0.1, 0.15) is 0 Å². The number of carbonyl (C=O) groups is 5. The molecular weight excluding hydrogens is 1330 g/mol. The number of carboxylic acids is 5. The minimum atomic E-state index is -0.665. The summed E-state index contributed by atoms with van der Waals surface area (Å²) < 4.78 is 0. The smallest absolute Gasteiger partial charge is 0.309 e. The van der Waals surface area contributed by atoms with E-state index in [0.29, 0.717) is 0 Å². The van der Waals surface area contributed by atoms with Crippen molar-refractivity contribution in [2.75, 3.05) is 0 Å². The number of carboxylic acid groups (broad SMARTS) is 5. The summed E-state index contributed by atoms with van der Waals surface area (Å²) in [6.45, 7) is 26.7. The van der Waals surface area contributed by atoms with Crippen LogP contribution in [0.25, 0.3) is 0 Å². The van der Waals surface area contributed by atoms with Gasteiger partial charge in [-0.2, -0.15) is 0 Å². The van der Waals surface area contributed by atoms with Crippen LogP contribution in [0.2, 0.25) is 0 Å². The minimum Gasteiger partial charge on any atom is -0.481 e. The van der Waals surface area contributed by atoms with E-state index in [0.717, 1.165) is 89.9 Å². The van der Waals surface area contributed by atoms with Crippen LogP contribution < -0.4 is 0 Å². The van der Waals surface area contributed by atoms with E-state index in [-0.39, 0.29) is 11.8 Å². The summed E-state index contributed by atoms with van der Waals surface area (Å²) in [6, 6.07) is 0. The van der Waals surface area contributed by atoms with Crippen molar-refractivity contribution < 1.29 is 49.5 Å². The molecule has 10 nitrogen and oxygen atoms in total. The van der Waals surface area contributed by atoms with Crippen molar-refractivity contribution in [2.45, 2.75) is 565 Å². The van der Waals surface area contributed by atoms with E-state index in [9.17, 15) is 34.2 Å². The topological polar surface area (TPSA) is 186 Å². The maximum Gasteiger partial charge on any atom is 0.309 e. The molecule has 0 heterocycles. The fourth-order valence-electron chi connectivity index (χ4n) is 14.7. The third kappa shape index (κ3) is 84.1. The molecule has 0 aliphatic rings. The zero-order chi connectivity index (χ0) is 80.9. The molecule has 0 aliphatic carbocycles. The zero-order valence-electron chi connectivity index (χ0n) is 74.8. The average Bonchev–Trinajstić information content (AvgIpc) is 0.890. The first-order chi connectivity index (χ1) is 51.6. The highest BCUT2D eigenvalue weighted by atomic mass is 16.4.